The summed E-state index contributed by atoms with van der Waals surface area (Å²) < 4.78 is 7.11. The van der Waals surface area contributed by atoms with E-state index >= 15 is 0 Å². The number of pyridine rings is 1. The van der Waals surface area contributed by atoms with Crippen LogP contribution in [0.15, 0.2) is 71.7 Å². The Bertz CT molecular complexity index is 1040. The summed E-state index contributed by atoms with van der Waals surface area (Å²) in [6, 6.07) is 18.3. The summed E-state index contributed by atoms with van der Waals surface area (Å²) in [6.45, 7) is 0. The third-order valence-electron chi connectivity index (χ3n) is 5.00. The number of carbonyl (C=O) groups excluding carboxylic acids is 1. The summed E-state index contributed by atoms with van der Waals surface area (Å²) >= 11 is 0. The molecule has 0 radical (unpaired) electrons. The molecule has 1 N–H and O–H groups in total. The van der Waals surface area contributed by atoms with Crippen LogP contribution in [0.25, 0.3) is 0 Å². The van der Waals surface area contributed by atoms with Crippen LogP contribution < -0.4 is 15.6 Å². The summed E-state index contributed by atoms with van der Waals surface area (Å²) in [5.41, 5.74) is 2.73. The van der Waals surface area contributed by atoms with Gasteiger partial charge in [-0.25, -0.2) is 0 Å². The standard InChI is InChI=1S/C22H20N2O3/c1-27-20-11-5-9-16-17(20)12-13-19(16)24-14-6-10-18(22(24)26)21(25)23-15-7-3-2-4-8-15/h2-11,14,19H,12-13H2,1H3,(H,23,25). The third kappa shape index (κ3) is 3.12. The fourth-order valence-electron chi connectivity index (χ4n) is 3.73. The molecule has 1 amide bonds. The summed E-state index contributed by atoms with van der Waals surface area (Å²) in [4.78, 5) is 25.6. The zero-order valence-corrected chi connectivity index (χ0v) is 15.0. The number of ether oxygens (including phenoxy) is 1. The van der Waals surface area contributed by atoms with Gasteiger partial charge in [0, 0.05) is 11.9 Å². The lowest BCUT2D eigenvalue weighted by Gasteiger charge is -2.17. The quantitative estimate of drug-likeness (QED) is 0.773. The molecule has 0 saturated heterocycles. The zero-order chi connectivity index (χ0) is 18.8. The molecule has 1 aromatic heterocycles. The highest BCUT2D eigenvalue weighted by Gasteiger charge is 2.28. The molecule has 136 valence electrons. The van der Waals surface area contributed by atoms with Crippen LogP contribution in [0.1, 0.15) is 33.9 Å². The van der Waals surface area contributed by atoms with E-state index in [4.69, 9.17) is 4.74 Å². The van der Waals surface area contributed by atoms with Gasteiger partial charge in [-0.1, -0.05) is 30.3 Å². The first kappa shape index (κ1) is 17.1. The average Bonchev–Trinajstić information content (AvgIpc) is 3.13. The van der Waals surface area contributed by atoms with E-state index in [9.17, 15) is 9.59 Å². The number of amides is 1. The fraction of sp³-hybridized carbons (Fsp3) is 0.182. The second kappa shape index (κ2) is 7.11. The number of anilines is 1. The molecule has 5 nitrogen and oxygen atoms in total. The van der Waals surface area contributed by atoms with E-state index in [0.29, 0.717) is 5.69 Å². The number of hydrogen-bond donors (Lipinski definition) is 1. The topological polar surface area (TPSA) is 60.3 Å². The van der Waals surface area contributed by atoms with Crippen molar-refractivity contribution >= 4 is 11.6 Å². The van der Waals surface area contributed by atoms with Crippen molar-refractivity contribution < 1.29 is 9.53 Å². The van der Waals surface area contributed by atoms with Crippen LogP contribution in [0.2, 0.25) is 0 Å². The maximum Gasteiger partial charge on any atom is 0.263 e. The minimum Gasteiger partial charge on any atom is -0.496 e. The normalized spacial score (nSPS) is 15.2. The fourth-order valence-corrected chi connectivity index (χ4v) is 3.73. The number of nitrogens with one attached hydrogen (secondary N) is 1. The summed E-state index contributed by atoms with van der Waals surface area (Å²) in [7, 11) is 1.66. The molecule has 1 atom stereocenters. The lowest BCUT2D eigenvalue weighted by Crippen LogP contribution is -2.30. The van der Waals surface area contributed by atoms with Gasteiger partial charge in [0.25, 0.3) is 11.5 Å². The molecule has 0 fully saturated rings. The van der Waals surface area contributed by atoms with Crippen LogP contribution in [-0.4, -0.2) is 17.6 Å². The van der Waals surface area contributed by atoms with E-state index < -0.39 is 5.91 Å². The van der Waals surface area contributed by atoms with Crippen molar-refractivity contribution in [3.05, 3.63) is 93.9 Å². The van der Waals surface area contributed by atoms with Crippen LogP contribution in [0.4, 0.5) is 5.69 Å². The van der Waals surface area contributed by atoms with Gasteiger partial charge in [-0.15, -0.1) is 0 Å². The highest BCUT2D eigenvalue weighted by molar-refractivity contribution is 6.03. The van der Waals surface area contributed by atoms with Crippen LogP contribution in [-0.2, 0) is 6.42 Å². The number of methoxy groups -OCH3 is 1. The van der Waals surface area contributed by atoms with Crippen LogP contribution in [0.5, 0.6) is 5.75 Å². The number of fused-ring (bicyclic) bond motifs is 1. The Morgan fingerprint density at radius 1 is 1.07 bits per heavy atom. The zero-order valence-electron chi connectivity index (χ0n) is 15.0. The number of aromatic nitrogens is 1. The van der Waals surface area contributed by atoms with Gasteiger partial charge in [-0.05, 0) is 54.3 Å². The molecule has 0 spiro atoms. The second-order valence-corrected chi connectivity index (χ2v) is 6.54. The number of carbonyl (C=O) groups is 1. The van der Waals surface area contributed by atoms with E-state index in [1.54, 1.807) is 42.1 Å². The maximum absolute atomic E-state index is 13.0. The number of para-hydroxylation sites is 1. The van der Waals surface area contributed by atoms with Gasteiger partial charge < -0.3 is 14.6 Å². The van der Waals surface area contributed by atoms with E-state index in [1.807, 2.05) is 36.4 Å². The predicted octanol–water partition coefficient (Wildman–Crippen LogP) is 3.64. The lowest BCUT2D eigenvalue weighted by molar-refractivity contribution is 0.102. The van der Waals surface area contributed by atoms with Gasteiger partial charge in [0.1, 0.15) is 11.3 Å². The first-order valence-electron chi connectivity index (χ1n) is 8.92. The second-order valence-electron chi connectivity index (χ2n) is 6.54. The molecule has 1 heterocycles. The van der Waals surface area contributed by atoms with Crippen LogP contribution in [0.3, 0.4) is 0 Å². The monoisotopic (exact) mass is 360 g/mol. The largest absolute Gasteiger partial charge is 0.496 e. The van der Waals surface area contributed by atoms with Crippen LogP contribution in [0, 0.1) is 0 Å². The number of benzene rings is 2. The van der Waals surface area contributed by atoms with Crippen molar-refractivity contribution in [1.82, 2.24) is 4.57 Å². The van der Waals surface area contributed by atoms with Gasteiger partial charge in [-0.2, -0.15) is 0 Å². The third-order valence-corrected chi connectivity index (χ3v) is 5.00. The maximum atomic E-state index is 13.0. The molecule has 4 rings (SSSR count). The molecule has 0 aliphatic heterocycles. The highest BCUT2D eigenvalue weighted by Crippen LogP contribution is 2.38. The smallest absolute Gasteiger partial charge is 0.263 e. The summed E-state index contributed by atoms with van der Waals surface area (Å²) in [5.74, 6) is 0.449. The van der Waals surface area contributed by atoms with Crippen molar-refractivity contribution in [3.8, 4) is 5.75 Å². The Kier molecular flexibility index (Phi) is 4.50. The van der Waals surface area contributed by atoms with Gasteiger partial charge >= 0.3 is 0 Å². The highest BCUT2D eigenvalue weighted by atomic mass is 16.5. The van der Waals surface area contributed by atoms with Crippen molar-refractivity contribution in [3.63, 3.8) is 0 Å². The van der Waals surface area contributed by atoms with E-state index in [0.717, 1.165) is 29.7 Å². The number of hydrogen-bond acceptors (Lipinski definition) is 3. The molecular weight excluding hydrogens is 340 g/mol. The Morgan fingerprint density at radius 3 is 2.67 bits per heavy atom. The minimum atomic E-state index is -0.399. The first-order valence-corrected chi connectivity index (χ1v) is 8.92. The molecule has 5 heteroatoms. The van der Waals surface area contributed by atoms with Crippen molar-refractivity contribution in [1.29, 1.82) is 0 Å². The molecule has 1 aliphatic rings. The number of nitrogens with zero attached hydrogens (tertiary/aromatic N) is 1. The van der Waals surface area contributed by atoms with Crippen molar-refractivity contribution in [2.24, 2.45) is 0 Å². The van der Waals surface area contributed by atoms with Crippen molar-refractivity contribution in [2.45, 2.75) is 18.9 Å². The summed E-state index contributed by atoms with van der Waals surface area (Å²) in [5, 5.41) is 2.78. The predicted molar refractivity (Wildman–Crippen MR) is 105 cm³/mol. The molecule has 0 saturated carbocycles. The van der Waals surface area contributed by atoms with Crippen LogP contribution >= 0.6 is 0 Å². The Hall–Kier alpha value is -3.34. The van der Waals surface area contributed by atoms with Gasteiger partial charge in [0.05, 0.1) is 13.2 Å². The Morgan fingerprint density at radius 2 is 1.89 bits per heavy atom. The Balaban J connectivity index is 1.68. The molecule has 1 unspecified atom stereocenters. The molecule has 3 aromatic rings. The average molecular weight is 360 g/mol. The summed E-state index contributed by atoms with van der Waals surface area (Å²) in [6.07, 6.45) is 3.40. The molecule has 2 aromatic carbocycles. The molecule has 1 aliphatic carbocycles. The Labute approximate surface area is 157 Å². The SMILES string of the molecule is COc1cccc2c1CCC2n1cccc(C(=O)Nc2ccccc2)c1=O. The van der Waals surface area contributed by atoms with Crippen molar-refractivity contribution in [2.75, 3.05) is 12.4 Å². The van der Waals surface area contributed by atoms with E-state index in [-0.39, 0.29) is 17.2 Å². The van der Waals surface area contributed by atoms with Gasteiger partial charge in [-0.3, -0.25) is 9.59 Å². The lowest BCUT2D eigenvalue weighted by atomic mass is 10.1. The van der Waals surface area contributed by atoms with E-state index in [1.165, 1.54) is 0 Å². The first-order chi connectivity index (χ1) is 13.2. The van der Waals surface area contributed by atoms with Gasteiger partial charge in [0.2, 0.25) is 0 Å². The molecular formula is C22H20N2O3. The van der Waals surface area contributed by atoms with E-state index in [2.05, 4.69) is 5.32 Å². The van der Waals surface area contributed by atoms with Gasteiger partial charge in [0.15, 0.2) is 0 Å². The molecule has 0 bridgehead atoms. The molecule has 27 heavy (non-hydrogen) atoms. The number of rotatable bonds is 4. The minimum absolute atomic E-state index is 0.0907.